The molecule has 1 aromatic carbocycles. The fourth-order valence-corrected chi connectivity index (χ4v) is 1.10. The lowest BCUT2D eigenvalue weighted by molar-refractivity contribution is -0.138. The maximum absolute atomic E-state index is 13.2. The molecule has 0 radical (unpaired) electrons. The Kier molecular flexibility index (Phi) is 2.96. The Labute approximate surface area is 80.2 Å². The van der Waals surface area contributed by atoms with Crippen molar-refractivity contribution < 1.29 is 19.1 Å². The molecule has 1 atom stereocenters. The van der Waals surface area contributed by atoms with Crippen molar-refractivity contribution in [2.45, 2.75) is 12.8 Å². The molecule has 0 saturated heterocycles. The van der Waals surface area contributed by atoms with E-state index < -0.39 is 17.7 Å². The highest BCUT2D eigenvalue weighted by Crippen LogP contribution is 2.19. The number of aliphatic carboxylic acids is 1. The van der Waals surface area contributed by atoms with Crippen LogP contribution in [-0.2, 0) is 4.79 Å². The molecule has 0 spiro atoms. The lowest BCUT2D eigenvalue weighted by Crippen LogP contribution is -2.09. The van der Waals surface area contributed by atoms with E-state index in [4.69, 9.17) is 5.11 Å². The number of carboxylic acid groups (broad SMARTS) is 1. The molecule has 0 fully saturated rings. The summed E-state index contributed by atoms with van der Waals surface area (Å²) in [4.78, 5) is 20.9. The minimum Gasteiger partial charge on any atom is -0.481 e. The van der Waals surface area contributed by atoms with E-state index in [0.29, 0.717) is 6.29 Å². The third-order valence-electron chi connectivity index (χ3n) is 2.00. The third kappa shape index (κ3) is 1.96. The first-order valence-corrected chi connectivity index (χ1v) is 4.03. The average Bonchev–Trinajstić information content (AvgIpc) is 2.16. The van der Waals surface area contributed by atoms with Crippen LogP contribution in [0.5, 0.6) is 0 Å². The molecule has 74 valence electrons. The summed E-state index contributed by atoms with van der Waals surface area (Å²) in [5.74, 6) is -2.66. The van der Waals surface area contributed by atoms with Crippen LogP contribution in [0.2, 0.25) is 0 Å². The summed E-state index contributed by atoms with van der Waals surface area (Å²) in [6, 6.07) is 3.74. The van der Waals surface area contributed by atoms with Gasteiger partial charge in [-0.05, 0) is 13.0 Å². The van der Waals surface area contributed by atoms with Gasteiger partial charge in [0.05, 0.1) is 5.92 Å². The summed E-state index contributed by atoms with van der Waals surface area (Å²) >= 11 is 0. The molecule has 0 heterocycles. The minimum atomic E-state index is -1.09. The van der Waals surface area contributed by atoms with Crippen molar-refractivity contribution in [1.29, 1.82) is 0 Å². The molecule has 14 heavy (non-hydrogen) atoms. The second kappa shape index (κ2) is 4.00. The van der Waals surface area contributed by atoms with E-state index >= 15 is 0 Å². The molecule has 1 aromatic rings. The molecule has 1 unspecified atom stereocenters. The van der Waals surface area contributed by atoms with E-state index in [9.17, 15) is 14.0 Å². The number of rotatable bonds is 3. The van der Waals surface area contributed by atoms with Gasteiger partial charge in [0.15, 0.2) is 0 Å². The molecule has 0 aliphatic heterocycles. The van der Waals surface area contributed by atoms with E-state index in [-0.39, 0.29) is 11.1 Å². The van der Waals surface area contributed by atoms with Gasteiger partial charge in [-0.1, -0.05) is 12.1 Å². The number of carboxylic acids is 1. The third-order valence-corrected chi connectivity index (χ3v) is 2.00. The summed E-state index contributed by atoms with van der Waals surface area (Å²) in [6.07, 6.45) is 0.512. The zero-order valence-electron chi connectivity index (χ0n) is 7.53. The molecule has 0 saturated carbocycles. The SMILES string of the molecule is CC(C(=O)O)c1ccc(C=O)cc1F. The molecular formula is C10H9FO3. The van der Waals surface area contributed by atoms with Crippen molar-refractivity contribution in [3.63, 3.8) is 0 Å². The van der Waals surface area contributed by atoms with Crippen LogP contribution < -0.4 is 0 Å². The fraction of sp³-hybridized carbons (Fsp3) is 0.200. The first-order chi connectivity index (χ1) is 6.56. The maximum Gasteiger partial charge on any atom is 0.310 e. The zero-order chi connectivity index (χ0) is 10.7. The molecule has 1 rings (SSSR count). The van der Waals surface area contributed by atoms with Crippen LogP contribution in [0, 0.1) is 5.82 Å². The molecule has 0 aromatic heterocycles. The van der Waals surface area contributed by atoms with Gasteiger partial charge in [0.2, 0.25) is 0 Å². The van der Waals surface area contributed by atoms with Gasteiger partial charge < -0.3 is 5.11 Å². The van der Waals surface area contributed by atoms with Gasteiger partial charge in [-0.25, -0.2) is 4.39 Å². The topological polar surface area (TPSA) is 54.4 Å². The fourth-order valence-electron chi connectivity index (χ4n) is 1.10. The molecule has 0 aliphatic rings. The number of halogens is 1. The van der Waals surface area contributed by atoms with Crippen LogP contribution in [0.4, 0.5) is 4.39 Å². The van der Waals surface area contributed by atoms with Gasteiger partial charge in [-0.2, -0.15) is 0 Å². The number of hydrogen-bond acceptors (Lipinski definition) is 2. The summed E-state index contributed by atoms with van der Waals surface area (Å²) in [6.45, 7) is 1.39. The first kappa shape index (κ1) is 10.4. The Morgan fingerprint density at radius 1 is 1.57 bits per heavy atom. The number of hydrogen-bond donors (Lipinski definition) is 1. The molecular weight excluding hydrogens is 187 g/mol. The molecule has 0 aliphatic carbocycles. The van der Waals surface area contributed by atoms with Crippen LogP contribution in [0.25, 0.3) is 0 Å². The van der Waals surface area contributed by atoms with Gasteiger partial charge >= 0.3 is 5.97 Å². The first-order valence-electron chi connectivity index (χ1n) is 4.03. The smallest absolute Gasteiger partial charge is 0.310 e. The normalized spacial score (nSPS) is 12.1. The highest BCUT2D eigenvalue weighted by atomic mass is 19.1. The predicted octanol–water partition coefficient (Wildman–Crippen LogP) is 1.83. The zero-order valence-corrected chi connectivity index (χ0v) is 7.53. The van der Waals surface area contributed by atoms with E-state index in [1.165, 1.54) is 19.1 Å². The summed E-state index contributed by atoms with van der Waals surface area (Å²) < 4.78 is 13.2. The number of carbonyl (C=O) groups excluding carboxylic acids is 1. The van der Waals surface area contributed by atoms with Crippen molar-refractivity contribution in [3.05, 3.63) is 35.1 Å². The Morgan fingerprint density at radius 3 is 2.64 bits per heavy atom. The summed E-state index contributed by atoms with van der Waals surface area (Å²) in [7, 11) is 0. The number of aldehydes is 1. The Bertz CT molecular complexity index is 374. The monoisotopic (exact) mass is 196 g/mol. The van der Waals surface area contributed by atoms with Gasteiger partial charge in [-0.15, -0.1) is 0 Å². The highest BCUT2D eigenvalue weighted by Gasteiger charge is 2.17. The molecule has 1 N–H and O–H groups in total. The number of carbonyl (C=O) groups is 2. The Balaban J connectivity index is 3.11. The largest absolute Gasteiger partial charge is 0.481 e. The van der Waals surface area contributed by atoms with Crippen LogP contribution >= 0.6 is 0 Å². The van der Waals surface area contributed by atoms with Gasteiger partial charge in [0.1, 0.15) is 12.1 Å². The van der Waals surface area contributed by atoms with E-state index in [2.05, 4.69) is 0 Å². The molecule has 0 bridgehead atoms. The van der Waals surface area contributed by atoms with Gasteiger partial charge in [0, 0.05) is 11.1 Å². The Hall–Kier alpha value is -1.71. The van der Waals surface area contributed by atoms with Crippen molar-refractivity contribution in [2.24, 2.45) is 0 Å². The van der Waals surface area contributed by atoms with Crippen molar-refractivity contribution in [1.82, 2.24) is 0 Å². The van der Waals surface area contributed by atoms with Crippen LogP contribution in [-0.4, -0.2) is 17.4 Å². The second-order valence-corrected chi connectivity index (χ2v) is 2.96. The van der Waals surface area contributed by atoms with E-state index in [1.807, 2.05) is 0 Å². The second-order valence-electron chi connectivity index (χ2n) is 2.96. The lowest BCUT2D eigenvalue weighted by atomic mass is 9.99. The van der Waals surface area contributed by atoms with Crippen LogP contribution in [0.3, 0.4) is 0 Å². The minimum absolute atomic E-state index is 0.0862. The highest BCUT2D eigenvalue weighted by molar-refractivity contribution is 5.78. The average molecular weight is 196 g/mol. The standard InChI is InChI=1S/C10H9FO3/c1-6(10(13)14)8-3-2-7(5-12)4-9(8)11/h2-6H,1H3,(H,13,14). The van der Waals surface area contributed by atoms with Crippen LogP contribution in [0.15, 0.2) is 18.2 Å². The summed E-state index contributed by atoms with van der Waals surface area (Å²) in [5.41, 5.74) is 0.284. The van der Waals surface area contributed by atoms with Crippen LogP contribution in [0.1, 0.15) is 28.8 Å². The molecule has 4 heteroatoms. The quantitative estimate of drug-likeness (QED) is 0.750. The lowest BCUT2D eigenvalue weighted by Gasteiger charge is -2.07. The number of benzene rings is 1. The van der Waals surface area contributed by atoms with Crippen molar-refractivity contribution in [2.75, 3.05) is 0 Å². The molecule has 0 amide bonds. The molecule has 3 nitrogen and oxygen atoms in total. The Morgan fingerprint density at radius 2 is 2.21 bits per heavy atom. The van der Waals surface area contributed by atoms with Crippen molar-refractivity contribution >= 4 is 12.3 Å². The predicted molar refractivity (Wildman–Crippen MR) is 47.8 cm³/mol. The summed E-state index contributed by atoms with van der Waals surface area (Å²) in [5, 5.41) is 8.65. The van der Waals surface area contributed by atoms with Gasteiger partial charge in [0.25, 0.3) is 0 Å². The van der Waals surface area contributed by atoms with Crippen molar-refractivity contribution in [3.8, 4) is 0 Å². The maximum atomic E-state index is 13.2. The van der Waals surface area contributed by atoms with Gasteiger partial charge in [-0.3, -0.25) is 9.59 Å². The van der Waals surface area contributed by atoms with E-state index in [1.54, 1.807) is 0 Å². The van der Waals surface area contributed by atoms with E-state index in [0.717, 1.165) is 6.07 Å².